The van der Waals surface area contributed by atoms with Crippen LogP contribution < -0.4 is 4.90 Å². The van der Waals surface area contributed by atoms with Gasteiger partial charge in [0.15, 0.2) is 0 Å². The van der Waals surface area contributed by atoms with Crippen LogP contribution in [-0.4, -0.2) is 37.1 Å². The molecule has 0 radical (unpaired) electrons. The summed E-state index contributed by atoms with van der Waals surface area (Å²) in [6.45, 7) is 2.40. The predicted octanol–water partition coefficient (Wildman–Crippen LogP) is 3.25. The number of benzene rings is 2. The molecule has 2 nitrogen and oxygen atoms in total. The Morgan fingerprint density at radius 3 is 2.10 bits per heavy atom. The van der Waals surface area contributed by atoms with E-state index in [-0.39, 0.29) is 0 Å². The molecule has 2 heteroatoms. The van der Waals surface area contributed by atoms with Crippen LogP contribution in [0.3, 0.4) is 0 Å². The van der Waals surface area contributed by atoms with Crippen LogP contribution in [0.5, 0.6) is 0 Å². The number of likely N-dealkylation sites (tertiary alicyclic amines) is 1. The van der Waals surface area contributed by atoms with Crippen molar-refractivity contribution in [3.8, 4) is 11.1 Å². The van der Waals surface area contributed by atoms with Crippen LogP contribution in [0.4, 0.5) is 5.69 Å². The molecule has 0 aromatic heterocycles. The zero-order valence-corrected chi connectivity index (χ0v) is 11.9. The van der Waals surface area contributed by atoms with E-state index < -0.39 is 0 Å². The van der Waals surface area contributed by atoms with Crippen molar-refractivity contribution in [1.29, 1.82) is 0 Å². The fourth-order valence-corrected chi connectivity index (χ4v) is 3.66. The summed E-state index contributed by atoms with van der Waals surface area (Å²) in [5.41, 5.74) is 3.97. The highest BCUT2D eigenvalue weighted by Gasteiger charge is 2.41. The quantitative estimate of drug-likeness (QED) is 0.821. The Kier molecular flexibility index (Phi) is 2.78. The van der Waals surface area contributed by atoms with Crippen LogP contribution >= 0.6 is 0 Å². The van der Waals surface area contributed by atoms with Crippen molar-refractivity contribution in [3.63, 3.8) is 0 Å². The average molecular weight is 264 g/mol. The smallest absolute Gasteiger partial charge is 0.0433 e. The molecule has 2 heterocycles. The van der Waals surface area contributed by atoms with Gasteiger partial charge in [0.25, 0.3) is 0 Å². The van der Waals surface area contributed by atoms with Gasteiger partial charge >= 0.3 is 0 Å². The van der Waals surface area contributed by atoms with Gasteiger partial charge in [-0.2, -0.15) is 0 Å². The molecule has 0 aliphatic carbocycles. The first-order valence-electron chi connectivity index (χ1n) is 7.43. The monoisotopic (exact) mass is 264 g/mol. The zero-order chi connectivity index (χ0) is 13.5. The Morgan fingerprint density at radius 2 is 1.50 bits per heavy atom. The van der Waals surface area contributed by atoms with E-state index in [0.717, 1.165) is 6.04 Å². The third kappa shape index (κ3) is 1.92. The highest BCUT2D eigenvalue weighted by Crippen LogP contribution is 2.34. The van der Waals surface area contributed by atoms with Gasteiger partial charge in [0.2, 0.25) is 0 Å². The van der Waals surface area contributed by atoms with Gasteiger partial charge < -0.3 is 4.90 Å². The normalized spacial score (nSPS) is 25.4. The summed E-state index contributed by atoms with van der Waals surface area (Å²) in [5, 5.41) is 0. The van der Waals surface area contributed by atoms with Crippen LogP contribution in [0.15, 0.2) is 54.6 Å². The van der Waals surface area contributed by atoms with Crippen molar-refractivity contribution in [3.05, 3.63) is 54.6 Å². The molecule has 0 unspecified atom stereocenters. The van der Waals surface area contributed by atoms with Gasteiger partial charge in [0.05, 0.1) is 0 Å². The molecule has 2 fully saturated rings. The van der Waals surface area contributed by atoms with E-state index in [1.807, 2.05) is 0 Å². The van der Waals surface area contributed by atoms with Gasteiger partial charge in [0.1, 0.15) is 0 Å². The molecule has 0 amide bonds. The van der Waals surface area contributed by atoms with Crippen LogP contribution in [0.25, 0.3) is 11.1 Å². The summed E-state index contributed by atoms with van der Waals surface area (Å²) in [5.74, 6) is 0. The van der Waals surface area contributed by atoms with E-state index >= 15 is 0 Å². The molecule has 0 saturated carbocycles. The van der Waals surface area contributed by atoms with Gasteiger partial charge in [0, 0.05) is 30.9 Å². The molecule has 2 bridgehead atoms. The van der Waals surface area contributed by atoms with E-state index in [0.29, 0.717) is 6.04 Å². The van der Waals surface area contributed by atoms with Gasteiger partial charge in [-0.3, -0.25) is 4.90 Å². The molecular formula is C18H20N2. The minimum atomic E-state index is 0.715. The lowest BCUT2D eigenvalue weighted by Gasteiger charge is -2.33. The van der Waals surface area contributed by atoms with E-state index in [4.69, 9.17) is 0 Å². The average Bonchev–Trinajstić information content (AvgIpc) is 3.07. The van der Waals surface area contributed by atoms with Crippen molar-refractivity contribution in [2.75, 3.05) is 25.0 Å². The summed E-state index contributed by atoms with van der Waals surface area (Å²) in [4.78, 5) is 5.08. The number of fused-ring (bicyclic) bond motifs is 2. The summed E-state index contributed by atoms with van der Waals surface area (Å²) in [6, 6.07) is 21.1. The molecule has 0 spiro atoms. The van der Waals surface area contributed by atoms with Crippen LogP contribution in [-0.2, 0) is 0 Å². The lowest BCUT2D eigenvalue weighted by Crippen LogP contribution is -2.44. The fraction of sp³-hybridized carbons (Fsp3) is 0.333. The molecule has 2 saturated heterocycles. The Balaban J connectivity index is 1.57. The van der Waals surface area contributed by atoms with Crippen molar-refractivity contribution in [2.45, 2.75) is 18.5 Å². The Hall–Kier alpha value is -1.80. The van der Waals surface area contributed by atoms with E-state index in [1.165, 1.54) is 36.3 Å². The molecule has 102 valence electrons. The third-order valence-electron chi connectivity index (χ3n) is 4.82. The zero-order valence-electron chi connectivity index (χ0n) is 11.9. The van der Waals surface area contributed by atoms with Gasteiger partial charge in [-0.1, -0.05) is 42.5 Å². The Morgan fingerprint density at radius 1 is 0.800 bits per heavy atom. The first kappa shape index (κ1) is 12.0. The molecule has 20 heavy (non-hydrogen) atoms. The molecule has 4 rings (SSSR count). The minimum absolute atomic E-state index is 0.715. The number of rotatable bonds is 2. The topological polar surface area (TPSA) is 6.48 Å². The first-order valence-corrected chi connectivity index (χ1v) is 7.43. The van der Waals surface area contributed by atoms with Crippen molar-refractivity contribution >= 4 is 5.69 Å². The molecule has 2 aliphatic rings. The van der Waals surface area contributed by atoms with Gasteiger partial charge in [-0.05, 0) is 36.7 Å². The number of piperazine rings is 1. The molecule has 2 aromatic carbocycles. The summed E-state index contributed by atoms with van der Waals surface area (Å²) >= 11 is 0. The Bertz CT molecular complexity index is 589. The second kappa shape index (κ2) is 4.64. The van der Waals surface area contributed by atoms with Crippen LogP contribution in [0, 0.1) is 0 Å². The van der Waals surface area contributed by atoms with Crippen molar-refractivity contribution in [2.24, 2.45) is 0 Å². The molecule has 0 N–H and O–H groups in total. The standard InChI is InChI=1S/C18H20N2/c1-19-12-18-11-17(19)13-20(18)16-9-7-15(8-10-16)14-5-3-2-4-6-14/h2-10,17-18H,11-13H2,1H3/t17-,18-/m0/s1. The highest BCUT2D eigenvalue weighted by molar-refractivity contribution is 5.66. The number of likely N-dealkylation sites (N-methyl/N-ethyl adjacent to an activating group) is 1. The molecule has 2 aliphatic heterocycles. The highest BCUT2D eigenvalue weighted by atomic mass is 15.3. The molecule has 2 aromatic rings. The lowest BCUT2D eigenvalue weighted by atomic mass is 10.1. The number of anilines is 1. The summed E-state index contributed by atoms with van der Waals surface area (Å²) in [7, 11) is 2.25. The van der Waals surface area contributed by atoms with Gasteiger partial charge in [-0.25, -0.2) is 0 Å². The van der Waals surface area contributed by atoms with E-state index in [1.54, 1.807) is 0 Å². The third-order valence-corrected chi connectivity index (χ3v) is 4.82. The van der Waals surface area contributed by atoms with Crippen molar-refractivity contribution < 1.29 is 0 Å². The predicted molar refractivity (Wildman–Crippen MR) is 84.0 cm³/mol. The van der Waals surface area contributed by atoms with Crippen LogP contribution in [0.1, 0.15) is 6.42 Å². The molecular weight excluding hydrogens is 244 g/mol. The fourth-order valence-electron chi connectivity index (χ4n) is 3.66. The maximum absolute atomic E-state index is 2.58. The maximum Gasteiger partial charge on any atom is 0.0433 e. The number of hydrogen-bond acceptors (Lipinski definition) is 2. The second-order valence-electron chi connectivity index (χ2n) is 6.05. The number of hydrogen-bond donors (Lipinski definition) is 0. The second-order valence-corrected chi connectivity index (χ2v) is 6.05. The van der Waals surface area contributed by atoms with Crippen LogP contribution in [0.2, 0.25) is 0 Å². The van der Waals surface area contributed by atoms with Crippen molar-refractivity contribution in [1.82, 2.24) is 4.90 Å². The summed E-state index contributed by atoms with van der Waals surface area (Å²) < 4.78 is 0. The maximum atomic E-state index is 2.58. The molecule has 2 atom stereocenters. The SMILES string of the molecule is CN1C[C@@H]2C[C@H]1CN2c1ccc(-c2ccccc2)cc1. The van der Waals surface area contributed by atoms with E-state index in [9.17, 15) is 0 Å². The number of nitrogens with zero attached hydrogens (tertiary/aromatic N) is 2. The lowest BCUT2D eigenvalue weighted by molar-refractivity contribution is 0.292. The first-order chi connectivity index (χ1) is 9.81. The largest absolute Gasteiger partial charge is 0.366 e. The minimum Gasteiger partial charge on any atom is -0.366 e. The summed E-state index contributed by atoms with van der Waals surface area (Å²) in [6.07, 6.45) is 1.33. The van der Waals surface area contributed by atoms with Gasteiger partial charge in [-0.15, -0.1) is 0 Å². The Labute approximate surface area is 120 Å². The van der Waals surface area contributed by atoms with E-state index in [2.05, 4.69) is 71.4 Å².